The van der Waals surface area contributed by atoms with Crippen molar-refractivity contribution in [2.45, 2.75) is 33.1 Å². The van der Waals surface area contributed by atoms with Gasteiger partial charge in [0.15, 0.2) is 0 Å². The molecular weight excluding hydrogens is 351 g/mol. The maximum Gasteiger partial charge on any atom is 0.236 e. The summed E-state index contributed by atoms with van der Waals surface area (Å²) in [6.07, 6.45) is 3.35. The SMILES string of the molecule is Cc1cc(C)cc(C(C)(C)C(=O)N(C)c2cnccc2-c2ccc(F)cc2)c1. The van der Waals surface area contributed by atoms with Crippen LogP contribution in [-0.2, 0) is 10.2 Å². The molecule has 3 nitrogen and oxygen atoms in total. The van der Waals surface area contributed by atoms with Crippen LogP contribution >= 0.6 is 0 Å². The fraction of sp³-hybridized carbons (Fsp3) is 0.250. The fourth-order valence-corrected chi connectivity index (χ4v) is 3.51. The summed E-state index contributed by atoms with van der Waals surface area (Å²) in [5, 5.41) is 0. The minimum Gasteiger partial charge on any atom is -0.313 e. The van der Waals surface area contributed by atoms with Crippen LogP contribution in [0, 0.1) is 19.7 Å². The van der Waals surface area contributed by atoms with Crippen molar-refractivity contribution in [1.29, 1.82) is 0 Å². The Bertz CT molecular complexity index is 989. The maximum absolute atomic E-state index is 13.5. The summed E-state index contributed by atoms with van der Waals surface area (Å²) in [5.41, 5.74) is 4.90. The number of rotatable bonds is 4. The topological polar surface area (TPSA) is 33.2 Å². The van der Waals surface area contributed by atoms with E-state index in [9.17, 15) is 9.18 Å². The molecule has 4 heteroatoms. The molecule has 0 saturated heterocycles. The molecule has 0 aliphatic rings. The summed E-state index contributed by atoms with van der Waals surface area (Å²) in [7, 11) is 1.76. The molecule has 28 heavy (non-hydrogen) atoms. The largest absolute Gasteiger partial charge is 0.313 e. The molecule has 2 aromatic carbocycles. The highest BCUT2D eigenvalue weighted by Gasteiger charge is 2.34. The van der Waals surface area contributed by atoms with Gasteiger partial charge in [-0.1, -0.05) is 41.5 Å². The molecule has 3 rings (SSSR count). The third-order valence-electron chi connectivity index (χ3n) is 5.10. The van der Waals surface area contributed by atoms with E-state index in [4.69, 9.17) is 0 Å². The number of amides is 1. The van der Waals surface area contributed by atoms with Crippen molar-refractivity contribution in [2.24, 2.45) is 0 Å². The number of carbonyl (C=O) groups excluding carboxylic acids is 1. The number of nitrogens with zero attached hydrogens (tertiary/aromatic N) is 2. The van der Waals surface area contributed by atoms with Gasteiger partial charge in [0, 0.05) is 18.8 Å². The van der Waals surface area contributed by atoms with Gasteiger partial charge in [-0.25, -0.2) is 4.39 Å². The van der Waals surface area contributed by atoms with Gasteiger partial charge in [-0.3, -0.25) is 9.78 Å². The lowest BCUT2D eigenvalue weighted by Crippen LogP contribution is -2.41. The van der Waals surface area contributed by atoms with Crippen LogP contribution in [0.25, 0.3) is 11.1 Å². The number of benzene rings is 2. The Morgan fingerprint density at radius 1 is 1.00 bits per heavy atom. The zero-order chi connectivity index (χ0) is 20.5. The highest BCUT2D eigenvalue weighted by Crippen LogP contribution is 2.34. The highest BCUT2D eigenvalue weighted by atomic mass is 19.1. The number of halogens is 1. The Labute approximate surface area is 165 Å². The molecule has 0 N–H and O–H groups in total. The number of anilines is 1. The summed E-state index contributed by atoms with van der Waals surface area (Å²) < 4.78 is 13.3. The van der Waals surface area contributed by atoms with Crippen LogP contribution < -0.4 is 4.90 Å². The molecule has 144 valence electrons. The molecule has 0 atom stereocenters. The molecule has 0 radical (unpaired) electrons. The fourth-order valence-electron chi connectivity index (χ4n) is 3.51. The first-order valence-corrected chi connectivity index (χ1v) is 9.27. The summed E-state index contributed by atoms with van der Waals surface area (Å²) in [5.74, 6) is -0.325. The molecule has 1 amide bonds. The molecular formula is C24H25FN2O. The minimum absolute atomic E-state index is 0.0335. The van der Waals surface area contributed by atoms with Crippen LogP contribution in [-0.4, -0.2) is 17.9 Å². The zero-order valence-corrected chi connectivity index (χ0v) is 17.0. The number of hydrogen-bond donors (Lipinski definition) is 0. The number of aryl methyl sites for hydroxylation is 2. The van der Waals surface area contributed by atoms with Gasteiger partial charge in [0.25, 0.3) is 0 Å². The lowest BCUT2D eigenvalue weighted by molar-refractivity contribution is -0.122. The van der Waals surface area contributed by atoms with Gasteiger partial charge in [0.1, 0.15) is 5.82 Å². The second kappa shape index (κ2) is 7.55. The van der Waals surface area contributed by atoms with E-state index in [2.05, 4.69) is 23.2 Å². The predicted octanol–water partition coefficient (Wildman–Crippen LogP) is 5.45. The van der Waals surface area contributed by atoms with Crippen molar-refractivity contribution >= 4 is 11.6 Å². The van der Waals surface area contributed by atoms with E-state index < -0.39 is 5.41 Å². The first-order valence-electron chi connectivity index (χ1n) is 9.27. The monoisotopic (exact) mass is 376 g/mol. The first kappa shape index (κ1) is 19.7. The number of likely N-dealkylation sites (N-methyl/N-ethyl adjacent to an activating group) is 1. The van der Waals surface area contributed by atoms with E-state index in [-0.39, 0.29) is 11.7 Å². The van der Waals surface area contributed by atoms with E-state index in [1.54, 1.807) is 36.5 Å². The van der Waals surface area contributed by atoms with Gasteiger partial charge in [-0.2, -0.15) is 0 Å². The number of aromatic nitrogens is 1. The highest BCUT2D eigenvalue weighted by molar-refractivity contribution is 6.02. The van der Waals surface area contributed by atoms with Crippen LogP contribution in [0.1, 0.15) is 30.5 Å². The minimum atomic E-state index is -0.707. The van der Waals surface area contributed by atoms with Gasteiger partial charge in [0.2, 0.25) is 5.91 Å². The second-order valence-corrected chi connectivity index (χ2v) is 7.77. The Morgan fingerprint density at radius 2 is 1.61 bits per heavy atom. The maximum atomic E-state index is 13.5. The molecule has 0 spiro atoms. The zero-order valence-electron chi connectivity index (χ0n) is 17.0. The summed E-state index contributed by atoms with van der Waals surface area (Å²) >= 11 is 0. The average molecular weight is 376 g/mol. The summed E-state index contributed by atoms with van der Waals surface area (Å²) in [6.45, 7) is 7.95. The van der Waals surface area contributed by atoms with E-state index in [1.807, 2.05) is 33.8 Å². The van der Waals surface area contributed by atoms with Crippen molar-refractivity contribution in [3.63, 3.8) is 0 Å². The standard InChI is InChI=1S/C24H25FN2O/c1-16-12-17(2)14-19(13-16)24(3,4)23(28)27(5)22-15-26-11-10-21(22)18-6-8-20(25)9-7-18/h6-15H,1-5H3. The van der Waals surface area contributed by atoms with Crippen molar-refractivity contribution in [3.8, 4) is 11.1 Å². The quantitative estimate of drug-likeness (QED) is 0.607. The molecule has 0 bridgehead atoms. The van der Waals surface area contributed by atoms with Gasteiger partial charge in [0.05, 0.1) is 17.3 Å². The Balaban J connectivity index is 2.01. The molecule has 0 saturated carbocycles. The van der Waals surface area contributed by atoms with Crippen LogP contribution in [0.4, 0.5) is 10.1 Å². The molecule has 0 fully saturated rings. The predicted molar refractivity (Wildman–Crippen MR) is 112 cm³/mol. The molecule has 0 unspecified atom stereocenters. The van der Waals surface area contributed by atoms with Crippen molar-refractivity contribution in [2.75, 3.05) is 11.9 Å². The second-order valence-electron chi connectivity index (χ2n) is 7.77. The third-order valence-corrected chi connectivity index (χ3v) is 5.10. The molecule has 0 aliphatic heterocycles. The van der Waals surface area contributed by atoms with Gasteiger partial charge in [-0.05, 0) is 57.0 Å². The average Bonchev–Trinajstić information content (AvgIpc) is 2.66. The van der Waals surface area contributed by atoms with E-state index >= 15 is 0 Å². The van der Waals surface area contributed by atoms with E-state index in [1.165, 1.54) is 12.1 Å². The van der Waals surface area contributed by atoms with Crippen molar-refractivity contribution in [1.82, 2.24) is 4.98 Å². The van der Waals surface area contributed by atoms with E-state index in [0.717, 1.165) is 27.8 Å². The molecule has 1 heterocycles. The Kier molecular flexibility index (Phi) is 5.32. The van der Waals surface area contributed by atoms with Crippen molar-refractivity contribution in [3.05, 3.63) is 83.4 Å². The molecule has 3 aromatic rings. The van der Waals surface area contributed by atoms with Gasteiger partial charge >= 0.3 is 0 Å². The molecule has 1 aromatic heterocycles. The Morgan fingerprint density at radius 3 is 2.21 bits per heavy atom. The number of carbonyl (C=O) groups is 1. The van der Waals surface area contributed by atoms with Crippen LogP contribution in [0.5, 0.6) is 0 Å². The number of hydrogen-bond acceptors (Lipinski definition) is 2. The lowest BCUT2D eigenvalue weighted by Gasteiger charge is -2.31. The third kappa shape index (κ3) is 3.81. The normalized spacial score (nSPS) is 11.4. The summed E-state index contributed by atoms with van der Waals surface area (Å²) in [4.78, 5) is 19.3. The van der Waals surface area contributed by atoms with Gasteiger partial charge in [-0.15, -0.1) is 0 Å². The van der Waals surface area contributed by atoms with Crippen LogP contribution in [0.15, 0.2) is 60.9 Å². The smallest absolute Gasteiger partial charge is 0.236 e. The van der Waals surface area contributed by atoms with Crippen molar-refractivity contribution < 1.29 is 9.18 Å². The Hall–Kier alpha value is -3.01. The van der Waals surface area contributed by atoms with Crippen LogP contribution in [0.3, 0.4) is 0 Å². The number of pyridine rings is 1. The first-order chi connectivity index (χ1) is 13.2. The van der Waals surface area contributed by atoms with Crippen LogP contribution in [0.2, 0.25) is 0 Å². The van der Waals surface area contributed by atoms with E-state index in [0.29, 0.717) is 5.69 Å². The molecule has 0 aliphatic carbocycles. The summed E-state index contributed by atoms with van der Waals surface area (Å²) in [6, 6.07) is 14.3. The van der Waals surface area contributed by atoms with Gasteiger partial charge < -0.3 is 4.90 Å². The lowest BCUT2D eigenvalue weighted by atomic mass is 9.81.